The van der Waals surface area contributed by atoms with Crippen LogP contribution in [0.4, 0.5) is 13.2 Å². The molecule has 0 bridgehead atoms. The number of nitrogens with one attached hydrogen (secondary N) is 2. The van der Waals surface area contributed by atoms with Crippen LogP contribution in [0.15, 0.2) is 48.5 Å². The minimum Gasteiger partial charge on any atom is -0.494 e. The molecule has 164 valence electrons. The second-order valence-electron chi connectivity index (χ2n) is 6.95. The second-order valence-corrected chi connectivity index (χ2v) is 6.95. The smallest absolute Gasteiger partial charge is 0.416 e. The Morgan fingerprint density at radius 1 is 1.13 bits per heavy atom. The van der Waals surface area contributed by atoms with Crippen LogP contribution in [0.2, 0.25) is 0 Å². The van der Waals surface area contributed by atoms with Crippen LogP contribution in [-0.2, 0) is 30.2 Å². The van der Waals surface area contributed by atoms with E-state index >= 15 is 0 Å². The van der Waals surface area contributed by atoms with Crippen LogP contribution >= 0.6 is 0 Å². The highest BCUT2D eigenvalue weighted by molar-refractivity contribution is 5.79. The van der Waals surface area contributed by atoms with Crippen LogP contribution < -0.4 is 10.1 Å². The number of aromatic amines is 1. The molecule has 1 aromatic heterocycles. The Morgan fingerprint density at radius 2 is 1.90 bits per heavy atom. The van der Waals surface area contributed by atoms with E-state index in [0.29, 0.717) is 30.2 Å². The first kappa shape index (κ1) is 22.3. The van der Waals surface area contributed by atoms with Crippen molar-refractivity contribution >= 4 is 5.91 Å². The molecule has 2 aromatic carbocycles. The molecule has 7 nitrogen and oxygen atoms in total. The summed E-state index contributed by atoms with van der Waals surface area (Å²) in [5.41, 5.74) is 0.723. The van der Waals surface area contributed by atoms with Crippen molar-refractivity contribution in [1.82, 2.24) is 25.9 Å². The molecular weight excluding hydrogens is 411 g/mol. The van der Waals surface area contributed by atoms with Crippen LogP contribution in [0.3, 0.4) is 0 Å². The van der Waals surface area contributed by atoms with Gasteiger partial charge in [0.2, 0.25) is 5.91 Å². The summed E-state index contributed by atoms with van der Waals surface area (Å²) in [5, 5.41) is 16.6. The molecule has 0 aliphatic carbocycles. The first-order chi connectivity index (χ1) is 14.8. The first-order valence-corrected chi connectivity index (χ1v) is 9.73. The molecule has 0 fully saturated rings. The summed E-state index contributed by atoms with van der Waals surface area (Å²) in [4.78, 5) is 12.6. The monoisotopic (exact) mass is 433 g/mol. The number of aromatic nitrogens is 4. The molecule has 2 N–H and O–H groups in total. The Kier molecular flexibility index (Phi) is 7.22. The zero-order valence-corrected chi connectivity index (χ0v) is 16.8. The number of rotatable bonds is 9. The average Bonchev–Trinajstić information content (AvgIpc) is 3.21. The molecule has 3 aromatic rings. The third kappa shape index (κ3) is 6.80. The van der Waals surface area contributed by atoms with E-state index in [9.17, 15) is 18.0 Å². The van der Waals surface area contributed by atoms with E-state index in [0.717, 1.165) is 17.7 Å². The number of alkyl halides is 3. The quantitative estimate of drug-likeness (QED) is 0.541. The Labute approximate surface area is 177 Å². The highest BCUT2D eigenvalue weighted by Gasteiger charge is 2.30. The maximum Gasteiger partial charge on any atom is 0.416 e. The summed E-state index contributed by atoms with van der Waals surface area (Å²) in [7, 11) is 0. The standard InChI is InChI=1S/C21H22F3N5O2/c1-2-31-18-5-3-4-15(11-18)12-20(30)25-17(13-19-26-28-29-27-19)10-14-6-8-16(9-7-14)21(22,23)24/h3-9,11,17H,2,10,12-13H2,1H3,(H,25,30)(H,26,27,28,29)/t17-/m0/s1. The van der Waals surface area contributed by atoms with E-state index in [1.165, 1.54) is 12.1 Å². The Bertz CT molecular complexity index is 975. The summed E-state index contributed by atoms with van der Waals surface area (Å²) < 4.78 is 43.8. The molecule has 0 saturated heterocycles. The van der Waals surface area contributed by atoms with E-state index < -0.39 is 17.8 Å². The van der Waals surface area contributed by atoms with Gasteiger partial charge in [-0.3, -0.25) is 4.79 Å². The van der Waals surface area contributed by atoms with Gasteiger partial charge in [-0.15, -0.1) is 10.2 Å². The van der Waals surface area contributed by atoms with Crippen LogP contribution in [0.5, 0.6) is 5.75 Å². The largest absolute Gasteiger partial charge is 0.494 e. The van der Waals surface area contributed by atoms with E-state index in [2.05, 4.69) is 25.9 Å². The number of nitrogens with zero attached hydrogens (tertiary/aromatic N) is 3. The average molecular weight is 433 g/mol. The highest BCUT2D eigenvalue weighted by Crippen LogP contribution is 2.29. The molecule has 0 unspecified atom stereocenters. The van der Waals surface area contributed by atoms with Crippen molar-refractivity contribution in [2.45, 2.75) is 38.4 Å². The zero-order chi connectivity index (χ0) is 22.3. The van der Waals surface area contributed by atoms with Gasteiger partial charge in [0, 0.05) is 12.5 Å². The maximum atomic E-state index is 12.8. The number of carbonyl (C=O) groups excluding carboxylic acids is 1. The van der Waals surface area contributed by atoms with Crippen LogP contribution in [0.25, 0.3) is 0 Å². The van der Waals surface area contributed by atoms with Crippen LogP contribution in [0, 0.1) is 0 Å². The lowest BCUT2D eigenvalue weighted by atomic mass is 10.0. The first-order valence-electron chi connectivity index (χ1n) is 9.73. The minimum atomic E-state index is -4.40. The molecule has 1 atom stereocenters. The third-order valence-corrected chi connectivity index (χ3v) is 4.52. The van der Waals surface area contributed by atoms with E-state index in [-0.39, 0.29) is 18.7 Å². The van der Waals surface area contributed by atoms with Crippen molar-refractivity contribution in [2.75, 3.05) is 6.61 Å². The number of amides is 1. The SMILES string of the molecule is CCOc1cccc(CC(=O)N[C@@H](Cc2ccc(C(F)(F)F)cc2)Cc2nn[nH]n2)c1. The van der Waals surface area contributed by atoms with Gasteiger partial charge in [0.1, 0.15) is 5.75 Å². The number of tetrazole rings is 1. The number of H-pyrrole nitrogens is 1. The Morgan fingerprint density at radius 3 is 2.55 bits per heavy atom. The fourth-order valence-corrected chi connectivity index (χ4v) is 3.15. The van der Waals surface area contributed by atoms with Gasteiger partial charge in [0.15, 0.2) is 5.82 Å². The summed E-state index contributed by atoms with van der Waals surface area (Å²) in [6, 6.07) is 11.7. The van der Waals surface area contributed by atoms with Crippen molar-refractivity contribution in [3.63, 3.8) is 0 Å². The van der Waals surface area contributed by atoms with Crippen molar-refractivity contribution in [3.8, 4) is 5.75 Å². The Hall–Kier alpha value is -3.43. The fourth-order valence-electron chi connectivity index (χ4n) is 3.15. The van der Waals surface area contributed by atoms with Crippen molar-refractivity contribution in [3.05, 3.63) is 71.0 Å². The molecule has 3 rings (SSSR count). The summed E-state index contributed by atoms with van der Waals surface area (Å²) in [6.45, 7) is 2.40. The third-order valence-electron chi connectivity index (χ3n) is 4.52. The van der Waals surface area contributed by atoms with Gasteiger partial charge in [-0.05, 0) is 48.7 Å². The normalized spacial score (nSPS) is 12.4. The molecule has 0 saturated carbocycles. The lowest BCUT2D eigenvalue weighted by Gasteiger charge is -2.18. The number of ether oxygens (including phenoxy) is 1. The minimum absolute atomic E-state index is 0.136. The molecular formula is C21H22F3N5O2. The second kappa shape index (κ2) is 10.1. The molecule has 0 aliphatic heterocycles. The van der Waals surface area contributed by atoms with Crippen molar-refractivity contribution in [2.24, 2.45) is 0 Å². The topological polar surface area (TPSA) is 92.8 Å². The summed E-state index contributed by atoms with van der Waals surface area (Å²) >= 11 is 0. The molecule has 0 aliphatic rings. The van der Waals surface area contributed by atoms with Gasteiger partial charge < -0.3 is 10.1 Å². The highest BCUT2D eigenvalue weighted by atomic mass is 19.4. The molecule has 1 amide bonds. The van der Waals surface area contributed by atoms with E-state index in [1.807, 2.05) is 25.1 Å². The van der Waals surface area contributed by atoms with Gasteiger partial charge in [0.05, 0.1) is 18.6 Å². The molecule has 0 spiro atoms. The van der Waals surface area contributed by atoms with Crippen LogP contribution in [0.1, 0.15) is 29.4 Å². The fraction of sp³-hybridized carbons (Fsp3) is 0.333. The summed E-state index contributed by atoms with van der Waals surface area (Å²) in [5.74, 6) is 0.852. The van der Waals surface area contributed by atoms with Gasteiger partial charge in [-0.1, -0.05) is 29.5 Å². The van der Waals surface area contributed by atoms with E-state index in [1.54, 1.807) is 6.07 Å². The van der Waals surface area contributed by atoms with Gasteiger partial charge >= 0.3 is 6.18 Å². The van der Waals surface area contributed by atoms with Gasteiger partial charge in [-0.25, -0.2) is 0 Å². The predicted molar refractivity (Wildman–Crippen MR) is 106 cm³/mol. The van der Waals surface area contributed by atoms with Crippen molar-refractivity contribution < 1.29 is 22.7 Å². The number of halogens is 3. The zero-order valence-electron chi connectivity index (χ0n) is 16.8. The lowest BCUT2D eigenvalue weighted by molar-refractivity contribution is -0.137. The molecule has 10 heteroatoms. The number of carbonyl (C=O) groups is 1. The summed E-state index contributed by atoms with van der Waals surface area (Å²) in [6.07, 6.45) is -3.66. The predicted octanol–water partition coefficient (Wildman–Crippen LogP) is 3.13. The van der Waals surface area contributed by atoms with Crippen LogP contribution in [-0.4, -0.2) is 39.2 Å². The Balaban J connectivity index is 1.68. The molecule has 1 heterocycles. The van der Waals surface area contributed by atoms with Gasteiger partial charge in [-0.2, -0.15) is 18.4 Å². The maximum absolute atomic E-state index is 12.8. The molecule has 0 radical (unpaired) electrons. The van der Waals surface area contributed by atoms with Crippen molar-refractivity contribution in [1.29, 1.82) is 0 Å². The number of hydrogen-bond acceptors (Lipinski definition) is 5. The van der Waals surface area contributed by atoms with Gasteiger partial charge in [0.25, 0.3) is 0 Å². The number of benzene rings is 2. The van der Waals surface area contributed by atoms with E-state index in [4.69, 9.17) is 4.74 Å². The molecule has 31 heavy (non-hydrogen) atoms. The number of hydrogen-bond donors (Lipinski definition) is 2. The lowest BCUT2D eigenvalue weighted by Crippen LogP contribution is -2.39.